The summed E-state index contributed by atoms with van der Waals surface area (Å²) >= 11 is 0. The molecule has 1 aromatic carbocycles. The number of aryl methyl sites for hydroxylation is 1. The van der Waals surface area contributed by atoms with E-state index >= 15 is 0 Å². The van der Waals surface area contributed by atoms with Crippen LogP contribution in [0.2, 0.25) is 0 Å². The van der Waals surface area contributed by atoms with Crippen molar-refractivity contribution in [1.82, 2.24) is 4.98 Å². The first kappa shape index (κ1) is 15.6. The van der Waals surface area contributed by atoms with E-state index in [1.165, 1.54) is 13.0 Å². The van der Waals surface area contributed by atoms with Crippen molar-refractivity contribution in [2.75, 3.05) is 0 Å². The fraction of sp³-hybridized carbons (Fsp3) is 0.143. The number of hydrogen-bond acceptors (Lipinski definition) is 3. The number of rotatable bonds is 2. The molecule has 0 aliphatic carbocycles. The van der Waals surface area contributed by atoms with Crippen LogP contribution in [0.3, 0.4) is 0 Å². The fourth-order valence-electron chi connectivity index (χ4n) is 1.93. The van der Waals surface area contributed by atoms with E-state index in [1.54, 1.807) is 6.07 Å². The number of benzene rings is 1. The Morgan fingerprint density at radius 3 is 2.55 bits per heavy atom. The second-order valence-electron chi connectivity index (χ2n) is 4.35. The van der Waals surface area contributed by atoms with Crippen LogP contribution in [0.5, 0.6) is 5.75 Å². The number of pyridine rings is 1. The highest BCUT2D eigenvalue weighted by Gasteiger charge is 2.33. The largest absolute Gasteiger partial charge is 0.573 e. The molecule has 1 N–H and O–H groups in total. The van der Waals surface area contributed by atoms with Crippen molar-refractivity contribution in [3.63, 3.8) is 0 Å². The van der Waals surface area contributed by atoms with Crippen LogP contribution >= 0.6 is 0 Å². The van der Waals surface area contributed by atoms with Gasteiger partial charge in [0.1, 0.15) is 11.6 Å². The Balaban J connectivity index is 2.68. The maximum absolute atomic E-state index is 14.2. The number of nitrogens with zero attached hydrogens (tertiary/aromatic N) is 1. The number of nitrogens with one attached hydrogen (secondary N) is 1. The van der Waals surface area contributed by atoms with Crippen LogP contribution in [0, 0.1) is 24.1 Å². The number of hydrogen-bond donors (Lipinski definition) is 1. The van der Waals surface area contributed by atoms with E-state index in [1.807, 2.05) is 0 Å². The number of ether oxygens (including phenoxy) is 1. The summed E-state index contributed by atoms with van der Waals surface area (Å²) < 4.78 is 54.5. The third kappa shape index (κ3) is 3.09. The smallest absolute Gasteiger partial charge is 0.403 e. The first-order valence-corrected chi connectivity index (χ1v) is 5.91. The Morgan fingerprint density at radius 1 is 1.27 bits per heavy atom. The Morgan fingerprint density at radius 2 is 1.95 bits per heavy atom. The Labute approximate surface area is 121 Å². The minimum Gasteiger partial charge on any atom is -0.403 e. The zero-order chi connectivity index (χ0) is 16.5. The van der Waals surface area contributed by atoms with E-state index in [2.05, 4.69) is 9.72 Å². The minimum absolute atomic E-state index is 0.103. The van der Waals surface area contributed by atoms with Gasteiger partial charge in [-0.15, -0.1) is 13.2 Å². The summed E-state index contributed by atoms with van der Waals surface area (Å²) in [7, 11) is 0. The van der Waals surface area contributed by atoms with E-state index in [-0.39, 0.29) is 11.1 Å². The number of halogens is 4. The summed E-state index contributed by atoms with van der Waals surface area (Å²) in [6.45, 7) is 1.50. The molecule has 2 aromatic rings. The molecule has 0 fully saturated rings. The summed E-state index contributed by atoms with van der Waals surface area (Å²) in [5.74, 6) is -2.34. The average Bonchev–Trinajstić information content (AvgIpc) is 2.39. The highest BCUT2D eigenvalue weighted by atomic mass is 19.4. The molecule has 0 aliphatic heterocycles. The van der Waals surface area contributed by atoms with Crippen molar-refractivity contribution < 1.29 is 22.3 Å². The summed E-state index contributed by atoms with van der Waals surface area (Å²) in [5.41, 5.74) is -1.24. The van der Waals surface area contributed by atoms with Crippen molar-refractivity contribution in [3.05, 3.63) is 51.7 Å². The first-order chi connectivity index (χ1) is 10.2. The van der Waals surface area contributed by atoms with Gasteiger partial charge >= 0.3 is 6.36 Å². The number of alkyl halides is 3. The van der Waals surface area contributed by atoms with Gasteiger partial charge in [0, 0.05) is 16.8 Å². The molecule has 0 unspecified atom stereocenters. The van der Waals surface area contributed by atoms with Crippen LogP contribution in [0.25, 0.3) is 11.1 Å². The van der Waals surface area contributed by atoms with Crippen LogP contribution in [0.1, 0.15) is 11.3 Å². The molecule has 22 heavy (non-hydrogen) atoms. The van der Waals surface area contributed by atoms with Crippen molar-refractivity contribution in [1.29, 1.82) is 5.26 Å². The zero-order valence-electron chi connectivity index (χ0n) is 11.1. The number of aromatic amines is 1. The number of nitriles is 1. The minimum atomic E-state index is -5.05. The van der Waals surface area contributed by atoms with Crippen molar-refractivity contribution >= 4 is 0 Å². The monoisotopic (exact) mass is 312 g/mol. The first-order valence-electron chi connectivity index (χ1n) is 5.91. The van der Waals surface area contributed by atoms with E-state index in [4.69, 9.17) is 5.26 Å². The average molecular weight is 312 g/mol. The maximum atomic E-state index is 14.2. The van der Waals surface area contributed by atoms with Gasteiger partial charge in [-0.05, 0) is 19.1 Å². The summed E-state index contributed by atoms with van der Waals surface area (Å²) in [6.07, 6.45) is -5.05. The predicted molar refractivity (Wildman–Crippen MR) is 68.6 cm³/mol. The molecule has 0 aliphatic rings. The summed E-state index contributed by atoms with van der Waals surface area (Å²) in [6, 6.07) is 6.01. The normalized spacial score (nSPS) is 11.1. The molecule has 0 bridgehead atoms. The summed E-state index contributed by atoms with van der Waals surface area (Å²) in [4.78, 5) is 14.0. The molecule has 0 saturated heterocycles. The van der Waals surface area contributed by atoms with Gasteiger partial charge in [0.2, 0.25) is 0 Å². The number of H-pyrrole nitrogens is 1. The highest BCUT2D eigenvalue weighted by molar-refractivity contribution is 5.72. The highest BCUT2D eigenvalue weighted by Crippen LogP contribution is 2.33. The Hall–Kier alpha value is -2.82. The molecule has 0 atom stereocenters. The Kier molecular flexibility index (Phi) is 3.91. The quantitative estimate of drug-likeness (QED) is 0.866. The molecule has 0 radical (unpaired) electrons. The molecule has 8 heteroatoms. The molecule has 114 valence electrons. The van der Waals surface area contributed by atoms with Crippen LogP contribution in [-0.4, -0.2) is 11.3 Å². The summed E-state index contributed by atoms with van der Waals surface area (Å²) in [5, 5.41) is 8.99. The molecule has 4 nitrogen and oxygen atoms in total. The third-order valence-corrected chi connectivity index (χ3v) is 2.76. The van der Waals surface area contributed by atoms with Gasteiger partial charge < -0.3 is 9.72 Å². The van der Waals surface area contributed by atoms with Crippen LogP contribution in [0.4, 0.5) is 17.6 Å². The van der Waals surface area contributed by atoms with Gasteiger partial charge in [-0.3, -0.25) is 4.79 Å². The van der Waals surface area contributed by atoms with Crippen molar-refractivity contribution in [2.24, 2.45) is 0 Å². The van der Waals surface area contributed by atoms with Crippen LogP contribution in [0.15, 0.2) is 29.1 Å². The molecule has 0 amide bonds. The van der Waals surface area contributed by atoms with Gasteiger partial charge in [0.15, 0.2) is 11.6 Å². The standard InChI is InChI=1S/C14H8F4N2O2/c1-7-5-9(10(6-19)13(21)20-7)8-3-2-4-11(12(8)15)22-14(16,17)18/h2-5H,1H3,(H,20,21). The van der Waals surface area contributed by atoms with Crippen LogP contribution < -0.4 is 10.3 Å². The lowest BCUT2D eigenvalue weighted by atomic mass is 10.0. The van der Waals surface area contributed by atoms with Gasteiger partial charge in [-0.2, -0.15) is 5.26 Å². The maximum Gasteiger partial charge on any atom is 0.573 e. The topological polar surface area (TPSA) is 65.9 Å². The van der Waals surface area contributed by atoms with Gasteiger partial charge in [0.05, 0.1) is 0 Å². The molecular weight excluding hydrogens is 304 g/mol. The third-order valence-electron chi connectivity index (χ3n) is 2.76. The van der Waals surface area contributed by atoms with Crippen LogP contribution in [-0.2, 0) is 0 Å². The fourth-order valence-corrected chi connectivity index (χ4v) is 1.93. The van der Waals surface area contributed by atoms with Gasteiger partial charge in [0.25, 0.3) is 5.56 Å². The molecular formula is C14H8F4N2O2. The lowest BCUT2D eigenvalue weighted by Gasteiger charge is -2.12. The SMILES string of the molecule is Cc1cc(-c2cccc(OC(F)(F)F)c2F)c(C#N)c(=O)[nH]1. The molecule has 1 aromatic heterocycles. The second-order valence-corrected chi connectivity index (χ2v) is 4.35. The molecule has 1 heterocycles. The molecule has 0 spiro atoms. The lowest BCUT2D eigenvalue weighted by Crippen LogP contribution is -2.18. The van der Waals surface area contributed by atoms with E-state index in [9.17, 15) is 22.4 Å². The van der Waals surface area contributed by atoms with Crippen molar-refractivity contribution in [3.8, 4) is 22.9 Å². The Bertz CT molecular complexity index is 819. The van der Waals surface area contributed by atoms with Gasteiger partial charge in [-0.1, -0.05) is 12.1 Å². The predicted octanol–water partition coefficient (Wildman–Crippen LogP) is 3.26. The van der Waals surface area contributed by atoms with E-state index in [0.717, 1.165) is 18.2 Å². The zero-order valence-corrected chi connectivity index (χ0v) is 11.1. The molecule has 2 rings (SSSR count). The van der Waals surface area contributed by atoms with E-state index < -0.39 is 29.1 Å². The van der Waals surface area contributed by atoms with Gasteiger partial charge in [-0.25, -0.2) is 4.39 Å². The second kappa shape index (κ2) is 5.52. The number of aromatic nitrogens is 1. The molecule has 0 saturated carbocycles. The van der Waals surface area contributed by atoms with Crippen molar-refractivity contribution in [2.45, 2.75) is 13.3 Å². The van der Waals surface area contributed by atoms with E-state index in [0.29, 0.717) is 5.69 Å². The lowest BCUT2D eigenvalue weighted by molar-refractivity contribution is -0.275.